The molecule has 0 atom stereocenters. The molecule has 0 spiro atoms. The molecule has 134 valence electrons. The van der Waals surface area contributed by atoms with Crippen molar-refractivity contribution in [1.82, 2.24) is 24.8 Å². The summed E-state index contributed by atoms with van der Waals surface area (Å²) in [7, 11) is 2.09. The van der Waals surface area contributed by atoms with Gasteiger partial charge in [-0.2, -0.15) is 0 Å². The summed E-state index contributed by atoms with van der Waals surface area (Å²) in [6.07, 6.45) is 7.67. The average molecular weight is 349 g/mol. The average Bonchev–Trinajstić information content (AvgIpc) is 3.21. The minimum absolute atomic E-state index is 0.0838. The second-order valence-corrected chi connectivity index (χ2v) is 6.21. The minimum atomic E-state index is -0.0838. The number of amides is 1. The van der Waals surface area contributed by atoms with Crippen molar-refractivity contribution in [3.63, 3.8) is 0 Å². The Balaban J connectivity index is 1.44. The van der Waals surface area contributed by atoms with Crippen molar-refractivity contribution in [2.45, 2.75) is 13.0 Å². The fourth-order valence-electron chi connectivity index (χ4n) is 2.72. The van der Waals surface area contributed by atoms with Gasteiger partial charge in [-0.05, 0) is 37.7 Å². The summed E-state index contributed by atoms with van der Waals surface area (Å²) in [4.78, 5) is 22.8. The number of aromatic nitrogens is 3. The van der Waals surface area contributed by atoms with Gasteiger partial charge in [0.2, 0.25) is 0 Å². The van der Waals surface area contributed by atoms with E-state index in [2.05, 4.69) is 51.5 Å². The van der Waals surface area contributed by atoms with Gasteiger partial charge in [0.25, 0.3) is 5.91 Å². The van der Waals surface area contributed by atoms with Gasteiger partial charge in [-0.15, -0.1) is 0 Å². The highest BCUT2D eigenvalue weighted by molar-refractivity contribution is 5.94. The lowest BCUT2D eigenvalue weighted by molar-refractivity contribution is 0.0951. The third-order valence-corrected chi connectivity index (χ3v) is 4.07. The normalized spacial score (nSPS) is 10.8. The van der Waals surface area contributed by atoms with Crippen LogP contribution < -0.4 is 5.32 Å². The maximum atomic E-state index is 12.3. The van der Waals surface area contributed by atoms with Crippen LogP contribution in [0.4, 0.5) is 0 Å². The van der Waals surface area contributed by atoms with Gasteiger partial charge in [-0.25, -0.2) is 9.97 Å². The molecule has 0 saturated carbocycles. The Labute approximate surface area is 153 Å². The van der Waals surface area contributed by atoms with Crippen LogP contribution in [0, 0.1) is 0 Å². The van der Waals surface area contributed by atoms with Crippen LogP contribution in [0.3, 0.4) is 0 Å². The summed E-state index contributed by atoms with van der Waals surface area (Å²) in [6, 6.07) is 13.9. The highest BCUT2D eigenvalue weighted by Gasteiger charge is 2.07. The van der Waals surface area contributed by atoms with E-state index in [0.29, 0.717) is 17.9 Å². The van der Waals surface area contributed by atoms with Gasteiger partial charge in [0.05, 0.1) is 0 Å². The number of hydrogen-bond donors (Lipinski definition) is 1. The maximum absolute atomic E-state index is 12.3. The molecule has 1 aromatic carbocycles. The van der Waals surface area contributed by atoms with Crippen molar-refractivity contribution in [2.24, 2.45) is 0 Å². The molecular formula is C20H23N5O. The Hall–Kier alpha value is -2.99. The first-order valence-electron chi connectivity index (χ1n) is 8.67. The number of nitrogens with zero attached hydrogens (tertiary/aromatic N) is 4. The molecule has 0 aliphatic rings. The Morgan fingerprint density at radius 1 is 1.19 bits per heavy atom. The van der Waals surface area contributed by atoms with Crippen LogP contribution in [0.1, 0.15) is 22.3 Å². The van der Waals surface area contributed by atoms with Gasteiger partial charge in [-0.3, -0.25) is 9.36 Å². The number of carbonyl (C=O) groups excluding carboxylic acids is 1. The van der Waals surface area contributed by atoms with Crippen molar-refractivity contribution in [3.8, 4) is 5.82 Å². The SMILES string of the molecule is CN(CCCNC(=O)c1ccnc(-n2ccnc2)c1)Cc1ccccc1. The molecule has 6 nitrogen and oxygen atoms in total. The second kappa shape index (κ2) is 8.92. The number of rotatable bonds is 8. The molecular weight excluding hydrogens is 326 g/mol. The molecule has 6 heteroatoms. The summed E-state index contributed by atoms with van der Waals surface area (Å²) in [5, 5.41) is 2.97. The Kier molecular flexibility index (Phi) is 6.11. The molecule has 1 amide bonds. The number of benzene rings is 1. The van der Waals surface area contributed by atoms with Crippen molar-refractivity contribution in [3.05, 3.63) is 78.5 Å². The van der Waals surface area contributed by atoms with Gasteiger partial charge in [-0.1, -0.05) is 30.3 Å². The lowest BCUT2D eigenvalue weighted by Gasteiger charge is -2.16. The molecule has 0 bridgehead atoms. The summed E-state index contributed by atoms with van der Waals surface area (Å²) < 4.78 is 1.77. The fourth-order valence-corrected chi connectivity index (χ4v) is 2.72. The second-order valence-electron chi connectivity index (χ2n) is 6.21. The van der Waals surface area contributed by atoms with Gasteiger partial charge in [0.1, 0.15) is 12.1 Å². The first-order chi connectivity index (χ1) is 12.7. The topological polar surface area (TPSA) is 63.1 Å². The standard InChI is InChI=1S/C20H23N5O/c1-24(15-17-6-3-2-4-7-17)12-5-9-23-20(26)18-8-10-22-19(14-18)25-13-11-21-16-25/h2-4,6-8,10-11,13-14,16H,5,9,12,15H2,1H3,(H,23,26). The Morgan fingerprint density at radius 2 is 2.04 bits per heavy atom. The van der Waals surface area contributed by atoms with E-state index in [1.807, 2.05) is 6.07 Å². The molecule has 0 aliphatic carbocycles. The molecule has 26 heavy (non-hydrogen) atoms. The monoisotopic (exact) mass is 349 g/mol. The largest absolute Gasteiger partial charge is 0.352 e. The van der Waals surface area contributed by atoms with Crippen molar-refractivity contribution < 1.29 is 4.79 Å². The Morgan fingerprint density at radius 3 is 2.81 bits per heavy atom. The van der Waals surface area contributed by atoms with Crippen molar-refractivity contribution in [1.29, 1.82) is 0 Å². The summed E-state index contributed by atoms with van der Waals surface area (Å²) >= 11 is 0. The fraction of sp³-hybridized carbons (Fsp3) is 0.250. The quantitative estimate of drug-likeness (QED) is 0.635. The molecule has 2 aromatic heterocycles. The zero-order valence-corrected chi connectivity index (χ0v) is 14.9. The van der Waals surface area contributed by atoms with Crippen LogP contribution in [0.5, 0.6) is 0 Å². The van der Waals surface area contributed by atoms with E-state index in [0.717, 1.165) is 19.5 Å². The van der Waals surface area contributed by atoms with Crippen LogP contribution in [0.25, 0.3) is 5.82 Å². The van der Waals surface area contributed by atoms with E-state index < -0.39 is 0 Å². The molecule has 0 unspecified atom stereocenters. The van der Waals surface area contributed by atoms with E-state index >= 15 is 0 Å². The smallest absolute Gasteiger partial charge is 0.251 e. The third kappa shape index (κ3) is 5.00. The van der Waals surface area contributed by atoms with Gasteiger partial charge >= 0.3 is 0 Å². The third-order valence-electron chi connectivity index (χ3n) is 4.07. The summed E-state index contributed by atoms with van der Waals surface area (Å²) in [6.45, 7) is 2.47. The number of hydrogen-bond acceptors (Lipinski definition) is 4. The highest BCUT2D eigenvalue weighted by atomic mass is 16.1. The van der Waals surface area contributed by atoms with Gasteiger partial charge < -0.3 is 10.2 Å². The van der Waals surface area contributed by atoms with E-state index in [9.17, 15) is 4.79 Å². The first kappa shape index (κ1) is 17.8. The number of pyridine rings is 1. The molecule has 3 rings (SSSR count). The first-order valence-corrected chi connectivity index (χ1v) is 8.67. The van der Waals surface area contributed by atoms with Crippen LogP contribution in [0.2, 0.25) is 0 Å². The lowest BCUT2D eigenvalue weighted by Crippen LogP contribution is -2.28. The predicted molar refractivity (Wildman–Crippen MR) is 101 cm³/mol. The van der Waals surface area contributed by atoms with E-state index in [4.69, 9.17) is 0 Å². The Bertz CT molecular complexity index is 817. The van der Waals surface area contributed by atoms with Gasteiger partial charge in [0, 0.05) is 37.2 Å². The molecule has 0 saturated heterocycles. The molecule has 3 aromatic rings. The lowest BCUT2D eigenvalue weighted by atomic mass is 10.2. The van der Waals surface area contributed by atoms with Crippen molar-refractivity contribution in [2.75, 3.05) is 20.1 Å². The van der Waals surface area contributed by atoms with Crippen LogP contribution in [-0.2, 0) is 6.54 Å². The zero-order valence-electron chi connectivity index (χ0n) is 14.9. The summed E-state index contributed by atoms with van der Waals surface area (Å²) in [5.74, 6) is 0.595. The zero-order chi connectivity index (χ0) is 18.2. The number of carbonyl (C=O) groups is 1. The van der Waals surface area contributed by atoms with Crippen LogP contribution >= 0.6 is 0 Å². The number of nitrogens with one attached hydrogen (secondary N) is 1. The molecule has 0 radical (unpaired) electrons. The van der Waals surface area contributed by atoms with Crippen LogP contribution in [0.15, 0.2) is 67.4 Å². The van der Waals surface area contributed by atoms with E-state index in [-0.39, 0.29) is 5.91 Å². The van der Waals surface area contributed by atoms with Gasteiger partial charge in [0.15, 0.2) is 0 Å². The van der Waals surface area contributed by atoms with E-state index in [1.54, 1.807) is 41.6 Å². The predicted octanol–water partition coefficient (Wildman–Crippen LogP) is 2.52. The summed E-state index contributed by atoms with van der Waals surface area (Å²) in [5.41, 5.74) is 1.89. The molecule has 1 N–H and O–H groups in total. The maximum Gasteiger partial charge on any atom is 0.251 e. The van der Waals surface area contributed by atoms with Crippen molar-refractivity contribution >= 4 is 5.91 Å². The highest BCUT2D eigenvalue weighted by Crippen LogP contribution is 2.07. The van der Waals surface area contributed by atoms with E-state index in [1.165, 1.54) is 5.56 Å². The molecule has 0 aliphatic heterocycles. The molecule has 0 fully saturated rings. The minimum Gasteiger partial charge on any atom is -0.352 e. The molecule has 2 heterocycles. The number of imidazole rings is 1. The van der Waals surface area contributed by atoms with Crippen LogP contribution in [-0.4, -0.2) is 45.5 Å².